The molecule has 0 spiro atoms. The Morgan fingerprint density at radius 3 is 2.43 bits per heavy atom. The molecule has 0 unspecified atom stereocenters. The number of halogens is 2. The van der Waals surface area contributed by atoms with Crippen molar-refractivity contribution in [1.82, 2.24) is 0 Å². The molecule has 0 bridgehead atoms. The Morgan fingerprint density at radius 1 is 1.11 bits per heavy atom. The molecule has 0 aliphatic carbocycles. The number of carbonyl (C=O) groups is 2. The Labute approximate surface area is 159 Å². The number of nitrogens with one attached hydrogen (secondary N) is 1. The van der Waals surface area contributed by atoms with Crippen molar-refractivity contribution in [3.05, 3.63) is 54.1 Å². The van der Waals surface area contributed by atoms with Gasteiger partial charge in [0.05, 0.1) is 4.90 Å². The van der Waals surface area contributed by atoms with Gasteiger partial charge in [0.1, 0.15) is 11.3 Å². The summed E-state index contributed by atoms with van der Waals surface area (Å²) in [7, 11) is -3.96. The number of nitrogens with two attached hydrogens (primary N) is 1. The maximum absolute atomic E-state index is 12.4. The zero-order valence-electron chi connectivity index (χ0n) is 14.5. The second-order valence-electron chi connectivity index (χ2n) is 5.48. The van der Waals surface area contributed by atoms with E-state index in [9.17, 15) is 26.8 Å². The Kier molecular flexibility index (Phi) is 6.65. The first-order chi connectivity index (χ1) is 13.1. The minimum Gasteiger partial charge on any atom is -0.449 e. The Hall–Kier alpha value is -3.05. The maximum atomic E-state index is 12.4. The second kappa shape index (κ2) is 8.76. The molecule has 3 N–H and O–H groups in total. The first-order valence-corrected chi connectivity index (χ1v) is 9.31. The summed E-state index contributed by atoms with van der Waals surface area (Å²) in [5.41, 5.74) is -0.167. The number of alkyl halides is 2. The normalized spacial score (nSPS) is 12.3. The number of amides is 1. The Morgan fingerprint density at radius 2 is 1.79 bits per heavy atom. The summed E-state index contributed by atoms with van der Waals surface area (Å²) < 4.78 is 56.8. The van der Waals surface area contributed by atoms with Crippen molar-refractivity contribution in [2.45, 2.75) is 24.5 Å². The second-order valence-corrected chi connectivity index (χ2v) is 7.05. The van der Waals surface area contributed by atoms with E-state index in [1.54, 1.807) is 0 Å². The third kappa shape index (κ3) is 5.72. The van der Waals surface area contributed by atoms with Crippen LogP contribution in [0, 0.1) is 0 Å². The fraction of sp³-hybridized carbons (Fsp3) is 0.176. The monoisotopic (exact) mass is 414 g/mol. The van der Waals surface area contributed by atoms with Crippen molar-refractivity contribution >= 4 is 27.6 Å². The minimum atomic E-state index is -3.96. The van der Waals surface area contributed by atoms with Crippen molar-refractivity contribution in [1.29, 1.82) is 0 Å². The molecule has 0 saturated carbocycles. The molecule has 0 aliphatic heterocycles. The van der Waals surface area contributed by atoms with Crippen LogP contribution in [0.2, 0.25) is 0 Å². The van der Waals surface area contributed by atoms with Crippen LogP contribution in [0.5, 0.6) is 5.75 Å². The van der Waals surface area contributed by atoms with E-state index in [2.05, 4.69) is 10.1 Å². The zero-order valence-corrected chi connectivity index (χ0v) is 15.3. The number of hydrogen-bond acceptors (Lipinski definition) is 6. The summed E-state index contributed by atoms with van der Waals surface area (Å²) in [5.74, 6) is -2.21. The Bertz CT molecular complexity index is 981. The van der Waals surface area contributed by atoms with E-state index in [1.165, 1.54) is 43.3 Å². The van der Waals surface area contributed by atoms with E-state index in [1.807, 2.05) is 0 Å². The summed E-state index contributed by atoms with van der Waals surface area (Å²) in [5, 5.41) is 7.39. The topological polar surface area (TPSA) is 125 Å². The lowest BCUT2D eigenvalue weighted by Crippen LogP contribution is -2.30. The fourth-order valence-corrected chi connectivity index (χ4v) is 2.67. The van der Waals surface area contributed by atoms with Crippen LogP contribution in [-0.4, -0.2) is 33.0 Å². The molecule has 0 fully saturated rings. The first kappa shape index (κ1) is 21.3. The average molecular weight is 414 g/mol. The average Bonchev–Trinajstić information content (AvgIpc) is 2.61. The SMILES string of the molecule is C[C@H](OC(=O)c1ccccc1OC(F)F)C(=O)Nc1cccc(S(N)(=O)=O)c1. The van der Waals surface area contributed by atoms with Crippen LogP contribution in [0.25, 0.3) is 0 Å². The number of benzene rings is 2. The van der Waals surface area contributed by atoms with Gasteiger partial charge in [0.2, 0.25) is 10.0 Å². The molecule has 0 heterocycles. The molecular formula is C17H16F2N2O6S. The maximum Gasteiger partial charge on any atom is 0.387 e. The third-order valence-electron chi connectivity index (χ3n) is 3.41. The molecule has 2 aromatic carbocycles. The highest BCUT2D eigenvalue weighted by Gasteiger charge is 2.22. The van der Waals surface area contributed by atoms with Gasteiger partial charge in [-0.25, -0.2) is 18.4 Å². The van der Waals surface area contributed by atoms with Crippen LogP contribution in [0.3, 0.4) is 0 Å². The lowest BCUT2D eigenvalue weighted by atomic mass is 10.2. The van der Waals surface area contributed by atoms with Gasteiger partial charge in [-0.15, -0.1) is 0 Å². The van der Waals surface area contributed by atoms with Gasteiger partial charge in [0, 0.05) is 5.69 Å². The molecule has 2 aromatic rings. The van der Waals surface area contributed by atoms with Crippen molar-refractivity contribution in [3.8, 4) is 5.75 Å². The zero-order chi connectivity index (χ0) is 20.9. The summed E-state index contributed by atoms with van der Waals surface area (Å²) >= 11 is 0. The number of carbonyl (C=O) groups excluding carboxylic acids is 2. The summed E-state index contributed by atoms with van der Waals surface area (Å²) in [4.78, 5) is 24.1. The lowest BCUT2D eigenvalue weighted by molar-refractivity contribution is -0.123. The van der Waals surface area contributed by atoms with Crippen LogP contribution in [0.4, 0.5) is 14.5 Å². The summed E-state index contributed by atoms with van der Waals surface area (Å²) in [6, 6.07) is 10.3. The smallest absolute Gasteiger partial charge is 0.387 e. The summed E-state index contributed by atoms with van der Waals surface area (Å²) in [6.45, 7) is -1.88. The molecule has 11 heteroatoms. The standard InChI is InChI=1S/C17H16F2N2O6S/c1-10(15(22)21-11-5-4-6-12(9-11)28(20,24)25)26-16(23)13-7-2-3-8-14(13)27-17(18)19/h2-10,17H,1H3,(H,21,22)(H2,20,24,25)/t10-/m0/s1. The highest BCUT2D eigenvalue weighted by Crippen LogP contribution is 2.22. The molecule has 150 valence electrons. The van der Waals surface area contributed by atoms with Crippen molar-refractivity contribution in [2.24, 2.45) is 5.14 Å². The highest BCUT2D eigenvalue weighted by molar-refractivity contribution is 7.89. The van der Waals surface area contributed by atoms with Gasteiger partial charge in [-0.3, -0.25) is 4.79 Å². The molecule has 8 nitrogen and oxygen atoms in total. The van der Waals surface area contributed by atoms with Gasteiger partial charge in [-0.2, -0.15) is 8.78 Å². The predicted octanol–water partition coefficient (Wildman–Crippen LogP) is 2.12. The molecular weight excluding hydrogens is 398 g/mol. The van der Waals surface area contributed by atoms with Gasteiger partial charge in [0.15, 0.2) is 6.10 Å². The molecule has 0 aromatic heterocycles. The number of para-hydroxylation sites is 1. The van der Waals surface area contributed by atoms with Crippen LogP contribution >= 0.6 is 0 Å². The number of ether oxygens (including phenoxy) is 2. The van der Waals surface area contributed by atoms with Gasteiger partial charge >= 0.3 is 12.6 Å². The van der Waals surface area contributed by atoms with Crippen molar-refractivity contribution in [3.63, 3.8) is 0 Å². The fourth-order valence-electron chi connectivity index (χ4n) is 2.11. The van der Waals surface area contributed by atoms with Crippen molar-refractivity contribution < 1.29 is 36.3 Å². The molecule has 0 radical (unpaired) electrons. The quantitative estimate of drug-likeness (QED) is 0.669. The van der Waals surface area contributed by atoms with Crippen LogP contribution in [0.15, 0.2) is 53.4 Å². The van der Waals surface area contributed by atoms with Gasteiger partial charge in [-0.1, -0.05) is 18.2 Å². The van der Waals surface area contributed by atoms with E-state index in [0.717, 1.165) is 12.1 Å². The molecule has 28 heavy (non-hydrogen) atoms. The molecule has 1 atom stereocenters. The predicted molar refractivity (Wildman–Crippen MR) is 94.4 cm³/mol. The van der Waals surface area contributed by atoms with E-state index < -0.39 is 40.4 Å². The minimum absolute atomic E-state index is 0.112. The van der Waals surface area contributed by atoms with Gasteiger partial charge in [0.25, 0.3) is 5.91 Å². The molecule has 0 saturated heterocycles. The number of esters is 1. The van der Waals surface area contributed by atoms with Crippen LogP contribution in [-0.2, 0) is 19.6 Å². The van der Waals surface area contributed by atoms with Gasteiger partial charge in [-0.05, 0) is 37.3 Å². The van der Waals surface area contributed by atoms with E-state index in [4.69, 9.17) is 9.88 Å². The lowest BCUT2D eigenvalue weighted by Gasteiger charge is -2.15. The van der Waals surface area contributed by atoms with Crippen molar-refractivity contribution in [2.75, 3.05) is 5.32 Å². The number of hydrogen-bond donors (Lipinski definition) is 2. The molecule has 2 rings (SSSR count). The van der Waals surface area contributed by atoms with Crippen LogP contribution in [0.1, 0.15) is 17.3 Å². The Balaban J connectivity index is 2.08. The molecule has 0 aliphatic rings. The number of anilines is 1. The number of primary sulfonamides is 1. The van der Waals surface area contributed by atoms with Crippen LogP contribution < -0.4 is 15.2 Å². The first-order valence-electron chi connectivity index (χ1n) is 7.76. The highest BCUT2D eigenvalue weighted by atomic mass is 32.2. The largest absolute Gasteiger partial charge is 0.449 e. The van der Waals surface area contributed by atoms with Gasteiger partial charge < -0.3 is 14.8 Å². The van der Waals surface area contributed by atoms with E-state index in [0.29, 0.717) is 0 Å². The van der Waals surface area contributed by atoms with E-state index in [-0.39, 0.29) is 16.1 Å². The number of sulfonamides is 1. The number of rotatable bonds is 7. The third-order valence-corrected chi connectivity index (χ3v) is 4.32. The van der Waals surface area contributed by atoms with E-state index >= 15 is 0 Å². The molecule has 1 amide bonds. The summed E-state index contributed by atoms with van der Waals surface area (Å²) in [6.07, 6.45) is -1.31.